The lowest BCUT2D eigenvalue weighted by atomic mass is 9.96. The number of carboxylic acids is 1. The molecule has 1 aliphatic heterocycles. The quantitative estimate of drug-likeness (QED) is 0.927. The van der Waals surface area contributed by atoms with Crippen LogP contribution in [0.4, 0.5) is 0 Å². The first-order valence-electron chi connectivity index (χ1n) is 5.88. The monoisotopic (exact) mass is 314 g/mol. The highest BCUT2D eigenvalue weighted by atomic mass is 79.9. The molecule has 4 nitrogen and oxygen atoms in total. The van der Waals surface area contributed by atoms with E-state index >= 15 is 0 Å². The predicted octanol–water partition coefficient (Wildman–Crippen LogP) is 3.19. The maximum absolute atomic E-state index is 10.6. The summed E-state index contributed by atoms with van der Waals surface area (Å²) in [5.74, 6) is 0.866. The number of hydrogen-bond donors (Lipinski definition) is 1. The van der Waals surface area contributed by atoms with E-state index < -0.39 is 5.97 Å². The Labute approximate surface area is 114 Å². The van der Waals surface area contributed by atoms with Crippen LogP contribution in [0.1, 0.15) is 31.2 Å². The lowest BCUT2D eigenvalue weighted by molar-refractivity contribution is -0.137. The fourth-order valence-corrected chi connectivity index (χ4v) is 2.67. The number of fused-ring (bicyclic) bond motifs is 1. The molecule has 0 saturated carbocycles. The van der Waals surface area contributed by atoms with Crippen molar-refractivity contribution in [2.75, 3.05) is 13.2 Å². The zero-order valence-corrected chi connectivity index (χ0v) is 11.7. The number of benzene rings is 1. The lowest BCUT2D eigenvalue weighted by Crippen LogP contribution is -2.15. The fourth-order valence-electron chi connectivity index (χ4n) is 1.95. The number of carbonyl (C=O) groups is 1. The van der Waals surface area contributed by atoms with Gasteiger partial charge in [-0.15, -0.1) is 0 Å². The first kappa shape index (κ1) is 13.2. The molecule has 0 bridgehead atoms. The van der Waals surface area contributed by atoms with Crippen LogP contribution in [-0.2, 0) is 4.79 Å². The first-order valence-corrected chi connectivity index (χ1v) is 6.68. The lowest BCUT2D eigenvalue weighted by Gasteiger charge is -2.21. The summed E-state index contributed by atoms with van der Waals surface area (Å²) in [5, 5.41) is 8.71. The van der Waals surface area contributed by atoms with Crippen molar-refractivity contribution in [2.45, 2.75) is 25.7 Å². The minimum absolute atomic E-state index is 0.159. The molecule has 18 heavy (non-hydrogen) atoms. The van der Waals surface area contributed by atoms with Crippen molar-refractivity contribution in [3.63, 3.8) is 0 Å². The highest BCUT2D eigenvalue weighted by molar-refractivity contribution is 9.10. The zero-order chi connectivity index (χ0) is 13.1. The normalized spacial score (nSPS) is 15.2. The largest absolute Gasteiger partial charge is 0.486 e. The van der Waals surface area contributed by atoms with Crippen LogP contribution in [0.3, 0.4) is 0 Å². The van der Waals surface area contributed by atoms with E-state index in [2.05, 4.69) is 15.9 Å². The highest BCUT2D eigenvalue weighted by Crippen LogP contribution is 2.39. The standard InChI is InChI=1S/C13H15BrO4/c1-8(2-3-13(15)16)9-6-11-12(7-10(9)14)18-5-4-17-11/h6-8H,2-5H2,1H3,(H,15,16). The van der Waals surface area contributed by atoms with Crippen molar-refractivity contribution < 1.29 is 19.4 Å². The molecule has 98 valence electrons. The van der Waals surface area contributed by atoms with Gasteiger partial charge < -0.3 is 14.6 Å². The molecule has 1 heterocycles. The smallest absolute Gasteiger partial charge is 0.303 e. The Morgan fingerprint density at radius 3 is 2.61 bits per heavy atom. The Morgan fingerprint density at radius 2 is 2.00 bits per heavy atom. The van der Waals surface area contributed by atoms with Gasteiger partial charge in [-0.25, -0.2) is 0 Å². The van der Waals surface area contributed by atoms with Crippen LogP contribution in [0, 0.1) is 0 Å². The summed E-state index contributed by atoms with van der Waals surface area (Å²) in [6.45, 7) is 3.13. The van der Waals surface area contributed by atoms with Gasteiger partial charge in [0.05, 0.1) is 0 Å². The summed E-state index contributed by atoms with van der Waals surface area (Å²) in [7, 11) is 0. The van der Waals surface area contributed by atoms with Gasteiger partial charge in [0.1, 0.15) is 13.2 Å². The summed E-state index contributed by atoms with van der Waals surface area (Å²) in [6, 6.07) is 3.83. The third kappa shape index (κ3) is 2.96. The second kappa shape index (κ2) is 5.61. The summed E-state index contributed by atoms with van der Waals surface area (Å²) in [5.41, 5.74) is 1.06. The molecule has 0 aromatic heterocycles. The van der Waals surface area contributed by atoms with Crippen LogP contribution >= 0.6 is 15.9 Å². The molecule has 0 radical (unpaired) electrons. The molecule has 1 atom stereocenters. The van der Waals surface area contributed by atoms with Crippen LogP contribution in [-0.4, -0.2) is 24.3 Å². The van der Waals surface area contributed by atoms with E-state index in [1.54, 1.807) is 0 Å². The van der Waals surface area contributed by atoms with Crippen molar-refractivity contribution in [3.05, 3.63) is 22.2 Å². The molecule has 0 spiro atoms. The minimum Gasteiger partial charge on any atom is -0.486 e. The van der Waals surface area contributed by atoms with E-state index in [9.17, 15) is 4.79 Å². The molecule has 1 N–H and O–H groups in total. The van der Waals surface area contributed by atoms with Crippen molar-refractivity contribution in [1.29, 1.82) is 0 Å². The Kier molecular flexibility index (Phi) is 4.11. The maximum Gasteiger partial charge on any atom is 0.303 e. The van der Waals surface area contributed by atoms with Crippen molar-refractivity contribution in [2.24, 2.45) is 0 Å². The van der Waals surface area contributed by atoms with E-state index in [-0.39, 0.29) is 12.3 Å². The van der Waals surface area contributed by atoms with Crippen LogP contribution in [0.15, 0.2) is 16.6 Å². The van der Waals surface area contributed by atoms with Gasteiger partial charge in [0.15, 0.2) is 11.5 Å². The fraction of sp³-hybridized carbons (Fsp3) is 0.462. The Morgan fingerprint density at radius 1 is 1.39 bits per heavy atom. The Hall–Kier alpha value is -1.23. The molecule has 1 aliphatic rings. The average Bonchev–Trinajstić information content (AvgIpc) is 2.35. The Bertz CT molecular complexity index is 459. The van der Waals surface area contributed by atoms with Crippen LogP contribution in [0.5, 0.6) is 11.5 Å². The molecule has 1 aromatic rings. The number of ether oxygens (including phenoxy) is 2. The highest BCUT2D eigenvalue weighted by Gasteiger charge is 2.18. The number of carboxylic acid groups (broad SMARTS) is 1. The van der Waals surface area contributed by atoms with E-state index in [0.717, 1.165) is 21.5 Å². The van der Waals surface area contributed by atoms with E-state index in [0.29, 0.717) is 19.6 Å². The predicted molar refractivity (Wildman–Crippen MR) is 70.4 cm³/mol. The van der Waals surface area contributed by atoms with Gasteiger partial charge in [-0.05, 0) is 30.0 Å². The van der Waals surface area contributed by atoms with Crippen LogP contribution in [0.2, 0.25) is 0 Å². The average molecular weight is 315 g/mol. The van der Waals surface area contributed by atoms with Gasteiger partial charge in [0.2, 0.25) is 0 Å². The second-order valence-electron chi connectivity index (χ2n) is 4.35. The van der Waals surface area contributed by atoms with Crippen molar-refractivity contribution in [3.8, 4) is 11.5 Å². The topological polar surface area (TPSA) is 55.8 Å². The maximum atomic E-state index is 10.6. The summed E-state index contributed by atoms with van der Waals surface area (Å²) < 4.78 is 12.0. The third-order valence-corrected chi connectivity index (χ3v) is 3.67. The number of halogens is 1. The molecule has 2 rings (SSSR count). The zero-order valence-electron chi connectivity index (χ0n) is 10.1. The molecule has 5 heteroatoms. The summed E-state index contributed by atoms with van der Waals surface area (Å²) >= 11 is 3.50. The van der Waals surface area contributed by atoms with E-state index in [1.807, 2.05) is 19.1 Å². The molecular weight excluding hydrogens is 300 g/mol. The third-order valence-electron chi connectivity index (χ3n) is 2.98. The van der Waals surface area contributed by atoms with Gasteiger partial charge in [0.25, 0.3) is 0 Å². The first-order chi connectivity index (χ1) is 8.58. The molecule has 0 amide bonds. The second-order valence-corrected chi connectivity index (χ2v) is 5.21. The Balaban J connectivity index is 2.19. The summed E-state index contributed by atoms with van der Waals surface area (Å²) in [4.78, 5) is 10.6. The number of hydrogen-bond acceptors (Lipinski definition) is 3. The number of aliphatic carboxylic acids is 1. The van der Waals surface area contributed by atoms with Gasteiger partial charge >= 0.3 is 5.97 Å². The molecule has 0 saturated heterocycles. The molecule has 0 fully saturated rings. The van der Waals surface area contributed by atoms with Gasteiger partial charge in [-0.1, -0.05) is 22.9 Å². The molecule has 1 unspecified atom stereocenters. The van der Waals surface area contributed by atoms with E-state index in [4.69, 9.17) is 14.6 Å². The number of rotatable bonds is 4. The molecule has 1 aromatic carbocycles. The van der Waals surface area contributed by atoms with Crippen molar-refractivity contribution in [1.82, 2.24) is 0 Å². The van der Waals surface area contributed by atoms with Gasteiger partial charge in [-0.2, -0.15) is 0 Å². The summed E-state index contributed by atoms with van der Waals surface area (Å²) in [6.07, 6.45) is 0.773. The minimum atomic E-state index is -0.768. The van der Waals surface area contributed by atoms with Crippen molar-refractivity contribution >= 4 is 21.9 Å². The van der Waals surface area contributed by atoms with E-state index in [1.165, 1.54) is 0 Å². The molecule has 0 aliphatic carbocycles. The van der Waals surface area contributed by atoms with Crippen LogP contribution < -0.4 is 9.47 Å². The molecular formula is C13H15BrO4. The van der Waals surface area contributed by atoms with Gasteiger partial charge in [-0.3, -0.25) is 4.79 Å². The van der Waals surface area contributed by atoms with Gasteiger partial charge in [0, 0.05) is 10.9 Å². The van der Waals surface area contributed by atoms with Crippen LogP contribution in [0.25, 0.3) is 0 Å². The SMILES string of the molecule is CC(CCC(=O)O)c1cc2c(cc1Br)OCCO2.